The molecule has 2 heterocycles. The molecule has 3 nitrogen and oxygen atoms in total. The highest BCUT2D eigenvalue weighted by molar-refractivity contribution is 7.99. The quantitative estimate of drug-likeness (QED) is 0.847. The molecule has 0 amide bonds. The van der Waals surface area contributed by atoms with Crippen LogP contribution < -0.4 is 5.32 Å². The predicted molar refractivity (Wildman–Crippen MR) is 65.2 cm³/mol. The Morgan fingerprint density at radius 2 is 2.53 bits per heavy atom. The van der Waals surface area contributed by atoms with E-state index in [1.54, 1.807) is 0 Å². The molecule has 0 spiro atoms. The number of hydrogen-bond donors (Lipinski definition) is 1. The molecule has 1 aliphatic rings. The molecule has 1 saturated heterocycles. The van der Waals surface area contributed by atoms with Crippen LogP contribution >= 0.6 is 11.8 Å². The fourth-order valence-corrected chi connectivity index (χ4v) is 3.16. The minimum atomic E-state index is 0.701. The van der Waals surface area contributed by atoms with Crippen molar-refractivity contribution in [2.24, 2.45) is 0 Å². The molecule has 0 aromatic carbocycles. The Hall–Kier alpha value is -0.480. The average molecular weight is 225 g/mol. The second-order valence-electron chi connectivity index (χ2n) is 4.08. The van der Waals surface area contributed by atoms with Crippen molar-refractivity contribution in [3.63, 3.8) is 0 Å². The Labute approximate surface area is 95.7 Å². The third-order valence-corrected chi connectivity index (χ3v) is 4.32. The molecule has 2 rings (SSSR count). The first-order valence-electron chi connectivity index (χ1n) is 5.67. The highest BCUT2D eigenvalue weighted by Crippen LogP contribution is 2.24. The lowest BCUT2D eigenvalue weighted by atomic mass is 10.1. The van der Waals surface area contributed by atoms with Crippen LogP contribution in [0.5, 0.6) is 0 Å². The minimum absolute atomic E-state index is 0.701. The summed E-state index contributed by atoms with van der Waals surface area (Å²) >= 11 is 2.09. The van der Waals surface area contributed by atoms with Gasteiger partial charge < -0.3 is 9.88 Å². The molecular formula is C11H19N3S. The normalized spacial score (nSPS) is 26.7. The smallest absolute Gasteiger partial charge is 0.0946 e. The van der Waals surface area contributed by atoms with Gasteiger partial charge in [-0.05, 0) is 18.6 Å². The van der Waals surface area contributed by atoms with Gasteiger partial charge in [-0.1, -0.05) is 6.92 Å². The molecule has 15 heavy (non-hydrogen) atoms. The fourth-order valence-electron chi connectivity index (χ4n) is 1.99. The summed E-state index contributed by atoms with van der Waals surface area (Å²) in [5, 5.41) is 4.41. The number of nitrogens with zero attached hydrogens (tertiary/aromatic N) is 2. The molecule has 0 saturated carbocycles. The molecule has 1 fully saturated rings. The second-order valence-corrected chi connectivity index (χ2v) is 5.56. The van der Waals surface area contributed by atoms with Crippen LogP contribution in [0.15, 0.2) is 18.7 Å². The van der Waals surface area contributed by atoms with Crippen LogP contribution in [0.3, 0.4) is 0 Å². The predicted octanol–water partition coefficient (Wildman–Crippen LogP) is 1.76. The highest BCUT2D eigenvalue weighted by Gasteiger charge is 2.20. The van der Waals surface area contributed by atoms with E-state index in [4.69, 9.17) is 0 Å². The van der Waals surface area contributed by atoms with Crippen molar-refractivity contribution in [1.29, 1.82) is 0 Å². The second kappa shape index (κ2) is 5.56. The maximum Gasteiger partial charge on any atom is 0.0946 e. The standard InChI is InChI=1S/C11H19N3S/c1-10-11(3-2-8-15-10)13-5-7-14-6-4-12-9-14/h4,6,9-11,13H,2-3,5,7-8H2,1H3. The van der Waals surface area contributed by atoms with E-state index >= 15 is 0 Å². The number of aromatic nitrogens is 2. The van der Waals surface area contributed by atoms with Crippen molar-refractivity contribution in [3.8, 4) is 0 Å². The number of nitrogens with one attached hydrogen (secondary N) is 1. The van der Waals surface area contributed by atoms with Gasteiger partial charge in [0.2, 0.25) is 0 Å². The first-order valence-corrected chi connectivity index (χ1v) is 6.72. The molecule has 0 aliphatic carbocycles. The third kappa shape index (κ3) is 3.24. The Balaban J connectivity index is 1.68. The van der Waals surface area contributed by atoms with Gasteiger partial charge in [0.25, 0.3) is 0 Å². The van der Waals surface area contributed by atoms with Gasteiger partial charge in [-0.2, -0.15) is 11.8 Å². The zero-order valence-corrected chi connectivity index (χ0v) is 10.0. The van der Waals surface area contributed by atoms with E-state index in [9.17, 15) is 0 Å². The molecule has 4 heteroatoms. The molecule has 1 N–H and O–H groups in total. The van der Waals surface area contributed by atoms with E-state index in [1.807, 2.05) is 18.7 Å². The molecule has 2 atom stereocenters. The monoisotopic (exact) mass is 225 g/mol. The van der Waals surface area contributed by atoms with E-state index < -0.39 is 0 Å². The summed E-state index contributed by atoms with van der Waals surface area (Å²) < 4.78 is 2.12. The van der Waals surface area contributed by atoms with Gasteiger partial charge in [0.05, 0.1) is 6.33 Å². The first-order chi connectivity index (χ1) is 7.36. The van der Waals surface area contributed by atoms with Crippen LogP contribution in [0.2, 0.25) is 0 Å². The maximum atomic E-state index is 4.03. The van der Waals surface area contributed by atoms with Gasteiger partial charge >= 0.3 is 0 Å². The SMILES string of the molecule is CC1SCCCC1NCCn1ccnc1. The maximum absolute atomic E-state index is 4.03. The van der Waals surface area contributed by atoms with Crippen LogP contribution in [0.25, 0.3) is 0 Å². The Bertz CT molecular complexity index is 273. The summed E-state index contributed by atoms with van der Waals surface area (Å²) in [6.07, 6.45) is 8.41. The number of thioether (sulfide) groups is 1. The van der Waals surface area contributed by atoms with E-state index in [0.29, 0.717) is 6.04 Å². The molecule has 1 aliphatic heterocycles. The Kier molecular flexibility index (Phi) is 4.09. The topological polar surface area (TPSA) is 29.9 Å². The van der Waals surface area contributed by atoms with Crippen molar-refractivity contribution in [2.75, 3.05) is 12.3 Å². The van der Waals surface area contributed by atoms with Crippen LogP contribution in [0.4, 0.5) is 0 Å². The average Bonchev–Trinajstić information content (AvgIpc) is 2.74. The van der Waals surface area contributed by atoms with E-state index in [1.165, 1.54) is 18.6 Å². The summed E-state index contributed by atoms with van der Waals surface area (Å²) in [5.74, 6) is 1.33. The highest BCUT2D eigenvalue weighted by atomic mass is 32.2. The molecular weight excluding hydrogens is 206 g/mol. The van der Waals surface area contributed by atoms with Crippen molar-refractivity contribution in [2.45, 2.75) is 37.6 Å². The molecule has 0 radical (unpaired) electrons. The number of imidazole rings is 1. The van der Waals surface area contributed by atoms with Gasteiger partial charge in [-0.25, -0.2) is 4.98 Å². The van der Waals surface area contributed by atoms with Crippen molar-refractivity contribution < 1.29 is 0 Å². The zero-order valence-electron chi connectivity index (χ0n) is 9.22. The van der Waals surface area contributed by atoms with Gasteiger partial charge in [-0.3, -0.25) is 0 Å². The summed E-state index contributed by atoms with van der Waals surface area (Å²) in [5.41, 5.74) is 0. The Morgan fingerprint density at radius 1 is 1.60 bits per heavy atom. The largest absolute Gasteiger partial charge is 0.336 e. The van der Waals surface area contributed by atoms with Crippen LogP contribution in [-0.4, -0.2) is 33.1 Å². The van der Waals surface area contributed by atoms with E-state index in [2.05, 4.69) is 33.6 Å². The van der Waals surface area contributed by atoms with Gasteiger partial charge in [0, 0.05) is 36.8 Å². The third-order valence-electron chi connectivity index (χ3n) is 2.94. The summed E-state index contributed by atoms with van der Waals surface area (Å²) in [6, 6.07) is 0.701. The summed E-state index contributed by atoms with van der Waals surface area (Å²) in [4.78, 5) is 4.03. The van der Waals surface area contributed by atoms with E-state index in [-0.39, 0.29) is 0 Å². The van der Waals surface area contributed by atoms with Gasteiger partial charge in [0.1, 0.15) is 0 Å². The van der Waals surface area contributed by atoms with Gasteiger partial charge in [0.15, 0.2) is 0 Å². The minimum Gasteiger partial charge on any atom is -0.336 e. The van der Waals surface area contributed by atoms with Crippen molar-refractivity contribution in [3.05, 3.63) is 18.7 Å². The fraction of sp³-hybridized carbons (Fsp3) is 0.727. The Morgan fingerprint density at radius 3 is 3.27 bits per heavy atom. The summed E-state index contributed by atoms with van der Waals surface area (Å²) in [6.45, 7) is 4.40. The van der Waals surface area contributed by atoms with Gasteiger partial charge in [-0.15, -0.1) is 0 Å². The lowest BCUT2D eigenvalue weighted by Crippen LogP contribution is -2.40. The van der Waals surface area contributed by atoms with Crippen molar-refractivity contribution >= 4 is 11.8 Å². The number of hydrogen-bond acceptors (Lipinski definition) is 3. The molecule has 2 unspecified atom stereocenters. The molecule has 0 bridgehead atoms. The molecule has 84 valence electrons. The van der Waals surface area contributed by atoms with Crippen LogP contribution in [0.1, 0.15) is 19.8 Å². The number of rotatable bonds is 4. The molecule has 1 aromatic heterocycles. The summed E-state index contributed by atoms with van der Waals surface area (Å²) in [7, 11) is 0. The lowest BCUT2D eigenvalue weighted by Gasteiger charge is -2.29. The lowest BCUT2D eigenvalue weighted by molar-refractivity contribution is 0.448. The first kappa shape index (κ1) is 11.0. The van der Waals surface area contributed by atoms with Crippen LogP contribution in [0, 0.1) is 0 Å². The van der Waals surface area contributed by atoms with Crippen LogP contribution in [-0.2, 0) is 6.54 Å². The zero-order chi connectivity index (χ0) is 10.5. The molecule has 1 aromatic rings. The van der Waals surface area contributed by atoms with E-state index in [0.717, 1.165) is 18.3 Å². The van der Waals surface area contributed by atoms with Crippen molar-refractivity contribution in [1.82, 2.24) is 14.9 Å².